The number of piperidine rings is 1. The number of likely N-dealkylation sites (tertiary alicyclic amines) is 1. The van der Waals surface area contributed by atoms with Crippen LogP contribution in [0, 0.1) is 0 Å². The van der Waals surface area contributed by atoms with Crippen molar-refractivity contribution in [1.29, 1.82) is 0 Å². The molecule has 1 unspecified atom stereocenters. The molecule has 2 aromatic heterocycles. The van der Waals surface area contributed by atoms with Crippen molar-refractivity contribution in [2.75, 3.05) is 13.7 Å². The second kappa shape index (κ2) is 7.48. The zero-order valence-corrected chi connectivity index (χ0v) is 15.4. The Labute approximate surface area is 154 Å². The number of amides is 1. The molecule has 0 bridgehead atoms. The molecule has 1 atom stereocenters. The maximum absolute atomic E-state index is 13.3. The van der Waals surface area contributed by atoms with Crippen LogP contribution in [-0.4, -0.2) is 45.0 Å². The Hall–Kier alpha value is -2.37. The normalized spacial score (nSPS) is 19.4. The van der Waals surface area contributed by atoms with E-state index < -0.39 is 0 Å². The first-order valence-electron chi connectivity index (χ1n) is 9.60. The van der Waals surface area contributed by atoms with Gasteiger partial charge < -0.3 is 14.2 Å². The first-order valence-corrected chi connectivity index (χ1v) is 9.60. The van der Waals surface area contributed by atoms with Gasteiger partial charge in [0, 0.05) is 37.2 Å². The molecule has 0 radical (unpaired) electrons. The van der Waals surface area contributed by atoms with Gasteiger partial charge in [-0.25, -0.2) is 9.97 Å². The highest BCUT2D eigenvalue weighted by Crippen LogP contribution is 2.30. The van der Waals surface area contributed by atoms with E-state index in [1.165, 1.54) is 12.0 Å². The van der Waals surface area contributed by atoms with Crippen LogP contribution < -0.4 is 4.74 Å². The standard InChI is InChI=1S/C20H26N4O2/c1-26-19-17(13-15-5-4-7-18(15)22-19)20(25)24-10-3-2-6-16(24)8-11-23-12-9-21-14-23/h9,12-14,16H,2-8,10-11H2,1H3. The van der Waals surface area contributed by atoms with Gasteiger partial charge in [-0.05, 0) is 56.6 Å². The summed E-state index contributed by atoms with van der Waals surface area (Å²) in [5, 5.41) is 0. The lowest BCUT2D eigenvalue weighted by Gasteiger charge is -2.36. The van der Waals surface area contributed by atoms with E-state index in [9.17, 15) is 4.79 Å². The quantitative estimate of drug-likeness (QED) is 0.828. The molecule has 1 saturated heterocycles. The molecule has 1 fully saturated rings. The van der Waals surface area contributed by atoms with Crippen LogP contribution in [-0.2, 0) is 19.4 Å². The third-order valence-electron chi connectivity index (χ3n) is 5.61. The summed E-state index contributed by atoms with van der Waals surface area (Å²) in [5.74, 6) is 0.550. The van der Waals surface area contributed by atoms with Gasteiger partial charge in [-0.15, -0.1) is 0 Å². The van der Waals surface area contributed by atoms with Crippen molar-refractivity contribution >= 4 is 5.91 Å². The molecule has 0 spiro atoms. The predicted octanol–water partition coefficient (Wildman–Crippen LogP) is 2.86. The third-order valence-corrected chi connectivity index (χ3v) is 5.61. The molecule has 1 aliphatic carbocycles. The van der Waals surface area contributed by atoms with Crippen LogP contribution in [0.25, 0.3) is 0 Å². The number of methoxy groups -OCH3 is 1. The van der Waals surface area contributed by atoms with Gasteiger partial charge in [0.05, 0.1) is 13.4 Å². The number of hydrogen-bond acceptors (Lipinski definition) is 4. The summed E-state index contributed by atoms with van der Waals surface area (Å²) < 4.78 is 7.54. The summed E-state index contributed by atoms with van der Waals surface area (Å²) in [7, 11) is 1.60. The maximum Gasteiger partial charge on any atom is 0.259 e. The average molecular weight is 354 g/mol. The van der Waals surface area contributed by atoms with Gasteiger partial charge >= 0.3 is 0 Å². The van der Waals surface area contributed by atoms with Crippen LogP contribution in [0.2, 0.25) is 0 Å². The minimum Gasteiger partial charge on any atom is -0.480 e. The molecule has 138 valence electrons. The Morgan fingerprint density at radius 1 is 1.31 bits per heavy atom. The van der Waals surface area contributed by atoms with Gasteiger partial charge in [-0.2, -0.15) is 0 Å². The van der Waals surface area contributed by atoms with Crippen LogP contribution in [0.1, 0.15) is 53.7 Å². The lowest BCUT2D eigenvalue weighted by Crippen LogP contribution is -2.44. The number of aromatic nitrogens is 3. The van der Waals surface area contributed by atoms with E-state index in [2.05, 4.69) is 14.5 Å². The Morgan fingerprint density at radius 3 is 3.04 bits per heavy atom. The minimum absolute atomic E-state index is 0.0689. The van der Waals surface area contributed by atoms with E-state index in [1.54, 1.807) is 13.3 Å². The lowest BCUT2D eigenvalue weighted by molar-refractivity contribution is 0.0591. The molecule has 26 heavy (non-hydrogen) atoms. The van der Waals surface area contributed by atoms with E-state index in [0.717, 1.165) is 57.3 Å². The van der Waals surface area contributed by atoms with Crippen molar-refractivity contribution in [2.45, 2.75) is 57.5 Å². The molecule has 1 amide bonds. The fraction of sp³-hybridized carbons (Fsp3) is 0.550. The summed E-state index contributed by atoms with van der Waals surface area (Å²) in [6.07, 6.45) is 13.0. The molecule has 6 heteroatoms. The molecular formula is C20H26N4O2. The van der Waals surface area contributed by atoms with E-state index >= 15 is 0 Å². The van der Waals surface area contributed by atoms with E-state index in [-0.39, 0.29) is 11.9 Å². The van der Waals surface area contributed by atoms with Gasteiger partial charge in [0.25, 0.3) is 5.91 Å². The molecule has 0 N–H and O–H groups in total. The summed E-state index contributed by atoms with van der Waals surface area (Å²) in [6.45, 7) is 1.70. The lowest BCUT2D eigenvalue weighted by atomic mass is 9.98. The molecule has 2 aromatic rings. The number of hydrogen-bond donors (Lipinski definition) is 0. The number of imidazole rings is 1. The highest BCUT2D eigenvalue weighted by atomic mass is 16.5. The molecular weight excluding hydrogens is 328 g/mol. The summed E-state index contributed by atoms with van der Waals surface area (Å²) >= 11 is 0. The summed E-state index contributed by atoms with van der Waals surface area (Å²) in [4.78, 5) is 24.1. The van der Waals surface area contributed by atoms with Gasteiger partial charge in [0.2, 0.25) is 5.88 Å². The van der Waals surface area contributed by atoms with Gasteiger partial charge in [-0.3, -0.25) is 4.79 Å². The fourth-order valence-electron chi connectivity index (χ4n) is 4.20. The average Bonchev–Trinajstić information content (AvgIpc) is 3.36. The fourth-order valence-corrected chi connectivity index (χ4v) is 4.20. The monoisotopic (exact) mass is 354 g/mol. The molecule has 0 aromatic carbocycles. The largest absolute Gasteiger partial charge is 0.480 e. The molecule has 6 nitrogen and oxygen atoms in total. The van der Waals surface area contributed by atoms with E-state index in [4.69, 9.17) is 4.74 Å². The van der Waals surface area contributed by atoms with E-state index in [1.807, 2.05) is 23.5 Å². The SMILES string of the molecule is COc1nc2c(cc1C(=O)N1CCCCC1CCn1ccnc1)CCC2. The van der Waals surface area contributed by atoms with Crippen LogP contribution >= 0.6 is 0 Å². The van der Waals surface area contributed by atoms with Crippen LogP contribution in [0.3, 0.4) is 0 Å². The molecule has 2 aliphatic rings. The third kappa shape index (κ3) is 3.32. The first kappa shape index (κ1) is 17.1. The Kier molecular flexibility index (Phi) is 4.91. The number of ether oxygens (including phenoxy) is 1. The molecule has 0 saturated carbocycles. The van der Waals surface area contributed by atoms with Gasteiger partial charge in [0.15, 0.2) is 0 Å². The van der Waals surface area contributed by atoms with E-state index in [0.29, 0.717) is 11.4 Å². The van der Waals surface area contributed by atoms with Gasteiger partial charge in [-0.1, -0.05) is 0 Å². The summed E-state index contributed by atoms with van der Waals surface area (Å²) in [5.41, 5.74) is 2.93. The van der Waals surface area contributed by atoms with Crippen molar-refractivity contribution in [3.8, 4) is 5.88 Å². The summed E-state index contributed by atoms with van der Waals surface area (Å²) in [6, 6.07) is 2.29. The topological polar surface area (TPSA) is 60.2 Å². The zero-order chi connectivity index (χ0) is 17.9. The smallest absolute Gasteiger partial charge is 0.259 e. The Morgan fingerprint density at radius 2 is 2.23 bits per heavy atom. The maximum atomic E-state index is 13.3. The number of carbonyl (C=O) groups is 1. The van der Waals surface area contributed by atoms with Crippen LogP contribution in [0.15, 0.2) is 24.8 Å². The number of fused-ring (bicyclic) bond motifs is 1. The molecule has 3 heterocycles. The second-order valence-electron chi connectivity index (χ2n) is 7.24. The van der Waals surface area contributed by atoms with Crippen molar-refractivity contribution < 1.29 is 9.53 Å². The van der Waals surface area contributed by atoms with Gasteiger partial charge in [0.1, 0.15) is 5.56 Å². The van der Waals surface area contributed by atoms with Crippen molar-refractivity contribution in [2.24, 2.45) is 0 Å². The zero-order valence-electron chi connectivity index (χ0n) is 15.4. The Bertz CT molecular complexity index is 772. The Balaban J connectivity index is 1.55. The van der Waals surface area contributed by atoms with Crippen LogP contribution in [0.4, 0.5) is 0 Å². The second-order valence-corrected chi connectivity index (χ2v) is 7.24. The first-order chi connectivity index (χ1) is 12.8. The highest BCUT2D eigenvalue weighted by molar-refractivity contribution is 5.97. The minimum atomic E-state index is 0.0689. The van der Waals surface area contributed by atoms with Crippen molar-refractivity contribution in [3.63, 3.8) is 0 Å². The number of nitrogens with zero attached hydrogens (tertiary/aromatic N) is 4. The highest BCUT2D eigenvalue weighted by Gasteiger charge is 2.30. The number of pyridine rings is 1. The number of aryl methyl sites for hydroxylation is 3. The number of carbonyl (C=O) groups excluding carboxylic acids is 1. The number of rotatable bonds is 5. The van der Waals surface area contributed by atoms with Crippen LogP contribution in [0.5, 0.6) is 5.88 Å². The predicted molar refractivity (Wildman–Crippen MR) is 98.3 cm³/mol. The van der Waals surface area contributed by atoms with Crippen molar-refractivity contribution in [3.05, 3.63) is 41.6 Å². The van der Waals surface area contributed by atoms with Crippen molar-refractivity contribution in [1.82, 2.24) is 19.4 Å². The molecule has 1 aliphatic heterocycles. The molecule has 4 rings (SSSR count).